The first-order valence-corrected chi connectivity index (χ1v) is 11.7. The zero-order chi connectivity index (χ0) is 23.8. The second kappa shape index (κ2) is 11.2. The molecule has 0 aliphatic carbocycles. The molecule has 4 rings (SSSR count). The SMILES string of the molecule is C=CCc1cc(Oc2ccccc2)ccc1OCCCOc1cccc(-c2sc(=O)[nH]c2O)c1. The molecule has 7 heteroatoms. The highest BCUT2D eigenvalue weighted by Crippen LogP contribution is 2.32. The fourth-order valence-electron chi connectivity index (χ4n) is 3.37. The highest BCUT2D eigenvalue weighted by molar-refractivity contribution is 7.13. The molecule has 1 aromatic heterocycles. The van der Waals surface area contributed by atoms with E-state index in [1.165, 1.54) is 0 Å². The van der Waals surface area contributed by atoms with Gasteiger partial charge in [0.25, 0.3) is 0 Å². The van der Waals surface area contributed by atoms with Crippen LogP contribution in [0.4, 0.5) is 0 Å². The molecule has 6 nitrogen and oxygen atoms in total. The number of H-pyrrole nitrogens is 1. The van der Waals surface area contributed by atoms with Crippen molar-refractivity contribution in [3.63, 3.8) is 0 Å². The Hall–Kier alpha value is -3.97. The highest BCUT2D eigenvalue weighted by atomic mass is 32.1. The van der Waals surface area contributed by atoms with Gasteiger partial charge in [-0.3, -0.25) is 9.78 Å². The first-order chi connectivity index (χ1) is 16.6. The van der Waals surface area contributed by atoms with Crippen LogP contribution >= 0.6 is 11.3 Å². The minimum Gasteiger partial charge on any atom is -0.493 e. The standard InChI is InChI=1S/C27H25NO5S/c1-2-8-19-17-23(33-21-10-4-3-5-11-21)13-14-24(19)32-16-7-15-31-22-12-6-9-20(18-22)25-26(29)28-27(30)34-25/h2-6,9-14,17-18,29H,1,7-8,15-16H2,(H,28,30). The molecular formula is C27H25NO5S. The van der Waals surface area contributed by atoms with Crippen LogP contribution in [0, 0.1) is 0 Å². The van der Waals surface area contributed by atoms with E-state index < -0.39 is 0 Å². The molecule has 0 saturated heterocycles. The van der Waals surface area contributed by atoms with Crippen molar-refractivity contribution in [2.24, 2.45) is 0 Å². The molecule has 0 atom stereocenters. The van der Waals surface area contributed by atoms with E-state index in [0.717, 1.165) is 39.7 Å². The maximum Gasteiger partial charge on any atom is 0.307 e. The summed E-state index contributed by atoms with van der Waals surface area (Å²) in [6, 6.07) is 22.7. The van der Waals surface area contributed by atoms with Gasteiger partial charge >= 0.3 is 4.87 Å². The largest absolute Gasteiger partial charge is 0.493 e. The smallest absolute Gasteiger partial charge is 0.307 e. The van der Waals surface area contributed by atoms with Crippen molar-refractivity contribution in [3.8, 4) is 39.3 Å². The first-order valence-electron chi connectivity index (χ1n) is 10.9. The topological polar surface area (TPSA) is 80.8 Å². The van der Waals surface area contributed by atoms with Gasteiger partial charge in [0.05, 0.1) is 18.1 Å². The monoisotopic (exact) mass is 475 g/mol. The molecule has 0 bridgehead atoms. The van der Waals surface area contributed by atoms with Crippen molar-refractivity contribution in [1.29, 1.82) is 0 Å². The lowest BCUT2D eigenvalue weighted by Crippen LogP contribution is -2.06. The van der Waals surface area contributed by atoms with E-state index in [0.29, 0.717) is 36.7 Å². The summed E-state index contributed by atoms with van der Waals surface area (Å²) in [5.74, 6) is 2.85. The van der Waals surface area contributed by atoms with Gasteiger partial charge in [0.2, 0.25) is 5.88 Å². The van der Waals surface area contributed by atoms with Crippen LogP contribution in [0.2, 0.25) is 0 Å². The summed E-state index contributed by atoms with van der Waals surface area (Å²) in [5.41, 5.74) is 1.73. The van der Waals surface area contributed by atoms with Gasteiger partial charge < -0.3 is 19.3 Å². The zero-order valence-electron chi connectivity index (χ0n) is 18.5. The van der Waals surface area contributed by atoms with Crippen LogP contribution in [0.25, 0.3) is 10.4 Å². The van der Waals surface area contributed by atoms with Gasteiger partial charge in [-0.25, -0.2) is 0 Å². The number of hydrogen-bond donors (Lipinski definition) is 2. The highest BCUT2D eigenvalue weighted by Gasteiger charge is 2.10. The molecule has 0 radical (unpaired) electrons. The Morgan fingerprint density at radius 3 is 2.47 bits per heavy atom. The molecule has 0 aliphatic heterocycles. The summed E-state index contributed by atoms with van der Waals surface area (Å²) in [7, 11) is 0. The van der Waals surface area contributed by atoms with Crippen molar-refractivity contribution < 1.29 is 19.3 Å². The minimum absolute atomic E-state index is 0.129. The summed E-state index contributed by atoms with van der Waals surface area (Å²) >= 11 is 0.960. The third-order valence-electron chi connectivity index (χ3n) is 4.92. The molecule has 0 amide bonds. The molecule has 4 aromatic rings. The van der Waals surface area contributed by atoms with E-state index in [-0.39, 0.29) is 10.8 Å². The lowest BCUT2D eigenvalue weighted by atomic mass is 10.1. The summed E-state index contributed by atoms with van der Waals surface area (Å²) < 4.78 is 17.7. The summed E-state index contributed by atoms with van der Waals surface area (Å²) in [6.45, 7) is 4.79. The zero-order valence-corrected chi connectivity index (χ0v) is 19.3. The van der Waals surface area contributed by atoms with Crippen LogP contribution in [0.15, 0.2) is 90.2 Å². The fourth-order valence-corrected chi connectivity index (χ4v) is 4.10. The molecule has 3 aromatic carbocycles. The lowest BCUT2D eigenvalue weighted by molar-refractivity contribution is 0.246. The van der Waals surface area contributed by atoms with Crippen LogP contribution in [-0.2, 0) is 6.42 Å². The Labute approximate surface area is 201 Å². The Kier molecular flexibility index (Phi) is 7.67. The third kappa shape index (κ3) is 6.08. The van der Waals surface area contributed by atoms with Crippen LogP contribution in [0.1, 0.15) is 12.0 Å². The summed E-state index contributed by atoms with van der Waals surface area (Å²) in [6.07, 6.45) is 3.19. The van der Waals surface area contributed by atoms with Gasteiger partial charge in [-0.2, -0.15) is 0 Å². The Balaban J connectivity index is 1.30. The number of allylic oxidation sites excluding steroid dienone is 1. The number of thiazole rings is 1. The van der Waals surface area contributed by atoms with Crippen molar-refractivity contribution >= 4 is 11.3 Å². The molecule has 0 aliphatic rings. The Bertz CT molecular complexity index is 1300. The van der Waals surface area contributed by atoms with E-state index in [2.05, 4.69) is 11.6 Å². The van der Waals surface area contributed by atoms with Gasteiger partial charge in [-0.05, 0) is 48.9 Å². The Morgan fingerprint density at radius 1 is 0.912 bits per heavy atom. The van der Waals surface area contributed by atoms with Gasteiger partial charge in [0, 0.05) is 17.5 Å². The number of nitrogens with one attached hydrogen (secondary N) is 1. The van der Waals surface area contributed by atoms with Crippen molar-refractivity contribution in [2.75, 3.05) is 13.2 Å². The second-order valence-electron chi connectivity index (χ2n) is 7.45. The number of para-hydroxylation sites is 1. The van der Waals surface area contributed by atoms with Gasteiger partial charge in [0.1, 0.15) is 23.0 Å². The molecule has 174 valence electrons. The van der Waals surface area contributed by atoms with Crippen LogP contribution < -0.4 is 19.1 Å². The minimum atomic E-state index is -0.300. The molecule has 0 saturated carbocycles. The molecule has 0 spiro atoms. The third-order valence-corrected chi connectivity index (χ3v) is 5.84. The average molecular weight is 476 g/mol. The molecule has 34 heavy (non-hydrogen) atoms. The van der Waals surface area contributed by atoms with Gasteiger partial charge in [-0.15, -0.1) is 6.58 Å². The van der Waals surface area contributed by atoms with Gasteiger partial charge in [-0.1, -0.05) is 47.7 Å². The van der Waals surface area contributed by atoms with Gasteiger partial charge in [0.15, 0.2) is 0 Å². The number of benzene rings is 3. The quantitative estimate of drug-likeness (QED) is 0.200. The molecule has 0 unspecified atom stereocenters. The lowest BCUT2D eigenvalue weighted by Gasteiger charge is -2.13. The molecular weight excluding hydrogens is 450 g/mol. The normalized spacial score (nSPS) is 10.6. The van der Waals surface area contributed by atoms with Crippen LogP contribution in [0.5, 0.6) is 28.9 Å². The first kappa shape index (κ1) is 23.2. The average Bonchev–Trinajstić information content (AvgIpc) is 3.19. The van der Waals surface area contributed by atoms with Crippen LogP contribution in [0.3, 0.4) is 0 Å². The van der Waals surface area contributed by atoms with E-state index in [4.69, 9.17) is 14.2 Å². The molecule has 0 fully saturated rings. The van der Waals surface area contributed by atoms with E-state index >= 15 is 0 Å². The maximum absolute atomic E-state index is 11.4. The second-order valence-corrected chi connectivity index (χ2v) is 8.43. The maximum atomic E-state index is 11.4. The summed E-state index contributed by atoms with van der Waals surface area (Å²) in [5, 5.41) is 9.86. The predicted octanol–water partition coefficient (Wildman–Crippen LogP) is 6.18. The van der Waals surface area contributed by atoms with Crippen molar-refractivity contribution in [2.45, 2.75) is 12.8 Å². The number of rotatable bonds is 11. The number of ether oxygens (including phenoxy) is 3. The van der Waals surface area contributed by atoms with E-state index in [1.807, 2.05) is 72.8 Å². The number of hydrogen-bond acceptors (Lipinski definition) is 6. The number of aromatic nitrogens is 1. The van der Waals surface area contributed by atoms with Crippen molar-refractivity contribution in [1.82, 2.24) is 4.98 Å². The van der Waals surface area contributed by atoms with E-state index in [9.17, 15) is 9.90 Å². The number of aromatic hydroxyl groups is 1. The Morgan fingerprint density at radius 2 is 1.71 bits per heavy atom. The molecule has 1 heterocycles. The van der Waals surface area contributed by atoms with E-state index in [1.54, 1.807) is 6.07 Å². The predicted molar refractivity (Wildman–Crippen MR) is 135 cm³/mol. The molecule has 2 N–H and O–H groups in total. The van der Waals surface area contributed by atoms with Crippen molar-refractivity contribution in [3.05, 3.63) is 101 Å². The fraction of sp³-hybridized carbons (Fsp3) is 0.148. The summed E-state index contributed by atoms with van der Waals surface area (Å²) in [4.78, 5) is 14.0. The van der Waals surface area contributed by atoms with Crippen LogP contribution in [-0.4, -0.2) is 23.3 Å². The number of aromatic amines is 1.